The van der Waals surface area contributed by atoms with E-state index in [9.17, 15) is 9.90 Å². The number of carbonyl (C=O) groups excluding carboxylic acids is 1. The molecule has 37 heavy (non-hydrogen) atoms. The Kier molecular flexibility index (Phi) is 6.86. The predicted molar refractivity (Wildman–Crippen MR) is 139 cm³/mol. The summed E-state index contributed by atoms with van der Waals surface area (Å²) in [6.45, 7) is 7.32. The van der Waals surface area contributed by atoms with Crippen LogP contribution in [-0.4, -0.2) is 29.9 Å². The monoisotopic (exact) mass is 501 g/mol. The number of hydrogen-bond acceptors (Lipinski definition) is 6. The van der Waals surface area contributed by atoms with Crippen LogP contribution < -0.4 is 19.3 Å². The van der Waals surface area contributed by atoms with E-state index in [0.717, 1.165) is 57.7 Å². The first-order chi connectivity index (χ1) is 17.8. The molecular weight excluding hydrogens is 468 g/mol. The zero-order valence-electron chi connectivity index (χ0n) is 21.6. The average molecular weight is 502 g/mol. The number of aliphatic carboxylic acids is 1. The van der Waals surface area contributed by atoms with Gasteiger partial charge in [0.15, 0.2) is 0 Å². The van der Waals surface area contributed by atoms with E-state index < -0.39 is 5.97 Å². The van der Waals surface area contributed by atoms with Crippen molar-refractivity contribution in [1.29, 1.82) is 0 Å². The number of aryl methyl sites for hydroxylation is 2. The van der Waals surface area contributed by atoms with Crippen LogP contribution in [0.3, 0.4) is 0 Å². The minimum absolute atomic E-state index is 0.0201. The minimum Gasteiger partial charge on any atom is -0.550 e. The summed E-state index contributed by atoms with van der Waals surface area (Å²) < 4.78 is 18.2. The van der Waals surface area contributed by atoms with Crippen LogP contribution in [0.2, 0.25) is 0 Å². The van der Waals surface area contributed by atoms with Gasteiger partial charge in [0.1, 0.15) is 29.5 Å². The van der Waals surface area contributed by atoms with Gasteiger partial charge >= 0.3 is 0 Å². The van der Waals surface area contributed by atoms with E-state index in [2.05, 4.69) is 39.0 Å². The van der Waals surface area contributed by atoms with Gasteiger partial charge in [0.2, 0.25) is 0 Å². The third kappa shape index (κ3) is 5.03. The van der Waals surface area contributed by atoms with Gasteiger partial charge in [0.05, 0.1) is 6.61 Å². The highest BCUT2D eigenvalue weighted by atomic mass is 16.5. The summed E-state index contributed by atoms with van der Waals surface area (Å²) in [5, 5.41) is 20.3. The molecule has 1 spiro atoms. The van der Waals surface area contributed by atoms with E-state index in [0.29, 0.717) is 25.4 Å². The number of aliphatic hydroxyl groups excluding tert-OH is 1. The molecule has 1 fully saturated rings. The van der Waals surface area contributed by atoms with Crippen molar-refractivity contribution in [1.82, 2.24) is 0 Å². The molecule has 1 unspecified atom stereocenters. The van der Waals surface area contributed by atoms with Crippen LogP contribution in [0.25, 0.3) is 11.1 Å². The van der Waals surface area contributed by atoms with Crippen molar-refractivity contribution >= 4 is 5.97 Å². The first kappa shape index (κ1) is 25.2. The summed E-state index contributed by atoms with van der Waals surface area (Å²) in [6.07, 6.45) is 2.33. The van der Waals surface area contributed by atoms with Crippen molar-refractivity contribution < 1.29 is 29.2 Å². The van der Waals surface area contributed by atoms with Gasteiger partial charge in [0, 0.05) is 36.5 Å². The van der Waals surface area contributed by atoms with Crippen LogP contribution >= 0.6 is 0 Å². The van der Waals surface area contributed by atoms with E-state index in [1.165, 1.54) is 5.56 Å². The molecule has 5 rings (SSSR count). The molecule has 1 heterocycles. The molecule has 1 saturated carbocycles. The molecule has 194 valence electrons. The van der Waals surface area contributed by atoms with E-state index in [4.69, 9.17) is 19.3 Å². The molecule has 1 aliphatic carbocycles. The summed E-state index contributed by atoms with van der Waals surface area (Å²) >= 11 is 0. The van der Waals surface area contributed by atoms with Gasteiger partial charge in [-0.3, -0.25) is 0 Å². The largest absolute Gasteiger partial charge is 0.550 e. The normalized spacial score (nSPS) is 16.8. The standard InChI is InChI=1S/C31H34O6/c1-19-14-24(35-13-5-12-32)15-20(2)30(19)25-7-4-6-22(21(25)3)18-36-23-8-9-26-27(17-29(33)34)31(10-11-31)37-28(26)16-23/h4,6-9,14-16,27,32H,5,10-13,17-18H2,1-3H3,(H,33,34)/p-1. The predicted octanol–water partition coefficient (Wildman–Crippen LogP) is 4.77. The number of carbonyl (C=O) groups is 1. The van der Waals surface area contributed by atoms with Gasteiger partial charge in [-0.25, -0.2) is 0 Å². The maximum Gasteiger partial charge on any atom is 0.127 e. The topological polar surface area (TPSA) is 88.1 Å². The zero-order valence-corrected chi connectivity index (χ0v) is 21.6. The second-order valence-electron chi connectivity index (χ2n) is 10.2. The van der Waals surface area contributed by atoms with Crippen molar-refractivity contribution in [3.8, 4) is 28.4 Å². The Morgan fingerprint density at radius 3 is 2.49 bits per heavy atom. The minimum atomic E-state index is -1.04. The molecule has 1 atom stereocenters. The fourth-order valence-corrected chi connectivity index (χ4v) is 5.55. The summed E-state index contributed by atoms with van der Waals surface area (Å²) in [6, 6.07) is 16.1. The fraction of sp³-hybridized carbons (Fsp3) is 0.387. The van der Waals surface area contributed by atoms with Crippen LogP contribution in [0.4, 0.5) is 0 Å². The Labute approximate surface area is 217 Å². The molecule has 1 N–H and O–H groups in total. The third-order valence-electron chi connectivity index (χ3n) is 7.61. The zero-order chi connectivity index (χ0) is 26.2. The van der Waals surface area contributed by atoms with E-state index in [-0.39, 0.29) is 24.5 Å². The molecule has 3 aromatic carbocycles. The van der Waals surface area contributed by atoms with Crippen LogP contribution in [0.15, 0.2) is 48.5 Å². The number of benzene rings is 3. The van der Waals surface area contributed by atoms with Crippen LogP contribution in [0, 0.1) is 20.8 Å². The molecule has 0 bridgehead atoms. The highest BCUT2D eigenvalue weighted by molar-refractivity contribution is 5.75. The van der Waals surface area contributed by atoms with E-state index in [1.807, 2.05) is 30.3 Å². The Hall–Kier alpha value is -3.51. The van der Waals surface area contributed by atoms with Gasteiger partial charge in [-0.2, -0.15) is 0 Å². The van der Waals surface area contributed by atoms with Crippen molar-refractivity contribution in [2.24, 2.45) is 0 Å². The molecule has 1 aliphatic heterocycles. The molecule has 3 aromatic rings. The molecule has 2 aliphatic rings. The van der Waals surface area contributed by atoms with Crippen LogP contribution in [0.5, 0.6) is 17.2 Å². The van der Waals surface area contributed by atoms with E-state index >= 15 is 0 Å². The van der Waals surface area contributed by atoms with Crippen molar-refractivity contribution in [2.75, 3.05) is 13.2 Å². The SMILES string of the molecule is Cc1cc(OCCCO)cc(C)c1-c1cccc(COc2ccc3c(c2)OC2(CC2)C3CC(=O)[O-])c1C. The molecule has 0 saturated heterocycles. The van der Waals surface area contributed by atoms with Gasteiger partial charge in [-0.15, -0.1) is 0 Å². The summed E-state index contributed by atoms with van der Waals surface area (Å²) in [5.41, 5.74) is 7.43. The average Bonchev–Trinajstić information content (AvgIpc) is 3.56. The Balaban J connectivity index is 1.33. The first-order valence-electron chi connectivity index (χ1n) is 12.9. The fourth-order valence-electron chi connectivity index (χ4n) is 5.55. The third-order valence-corrected chi connectivity index (χ3v) is 7.61. The summed E-state index contributed by atoms with van der Waals surface area (Å²) in [5.74, 6) is 1.04. The van der Waals surface area contributed by atoms with Gasteiger partial charge in [-0.1, -0.05) is 24.3 Å². The number of hydrogen-bond donors (Lipinski definition) is 1. The second-order valence-corrected chi connectivity index (χ2v) is 10.2. The quantitative estimate of drug-likeness (QED) is 0.403. The van der Waals surface area contributed by atoms with Crippen molar-refractivity contribution in [2.45, 2.75) is 64.6 Å². The van der Waals surface area contributed by atoms with Gasteiger partial charge in [0.25, 0.3) is 0 Å². The maximum atomic E-state index is 11.3. The summed E-state index contributed by atoms with van der Waals surface area (Å²) in [7, 11) is 0. The highest BCUT2D eigenvalue weighted by Gasteiger charge is 2.57. The molecule has 0 aromatic heterocycles. The molecular formula is C31H33O6-. The Bertz CT molecular complexity index is 1300. The maximum absolute atomic E-state index is 11.3. The number of fused-ring (bicyclic) bond motifs is 1. The smallest absolute Gasteiger partial charge is 0.127 e. The van der Waals surface area contributed by atoms with Crippen LogP contribution in [-0.2, 0) is 11.4 Å². The number of aliphatic hydroxyl groups is 1. The van der Waals surface area contributed by atoms with Gasteiger partial charge in [-0.05, 0) is 91.6 Å². The van der Waals surface area contributed by atoms with E-state index in [1.54, 1.807) is 0 Å². The second kappa shape index (κ2) is 10.1. The Morgan fingerprint density at radius 1 is 1.05 bits per heavy atom. The van der Waals surface area contributed by atoms with Crippen molar-refractivity contribution in [3.63, 3.8) is 0 Å². The lowest BCUT2D eigenvalue weighted by atomic mass is 9.90. The molecule has 0 radical (unpaired) electrons. The summed E-state index contributed by atoms with van der Waals surface area (Å²) in [4.78, 5) is 11.3. The lowest BCUT2D eigenvalue weighted by Gasteiger charge is -2.18. The van der Waals surface area contributed by atoms with Crippen LogP contribution in [0.1, 0.15) is 59.4 Å². The number of carboxylic acid groups (broad SMARTS) is 1. The number of carboxylic acids is 1. The molecule has 6 nitrogen and oxygen atoms in total. The molecule has 0 amide bonds. The van der Waals surface area contributed by atoms with Gasteiger partial charge < -0.3 is 29.2 Å². The number of rotatable bonds is 10. The highest BCUT2D eigenvalue weighted by Crippen LogP contribution is 2.59. The lowest BCUT2D eigenvalue weighted by molar-refractivity contribution is -0.306. The Morgan fingerprint density at radius 2 is 1.81 bits per heavy atom. The number of ether oxygens (including phenoxy) is 3. The lowest BCUT2D eigenvalue weighted by Crippen LogP contribution is -2.29. The molecule has 6 heteroatoms. The van der Waals surface area contributed by atoms with Crippen molar-refractivity contribution in [3.05, 3.63) is 76.3 Å². The first-order valence-corrected chi connectivity index (χ1v) is 12.9.